The van der Waals surface area contributed by atoms with Crippen LogP contribution in [0.15, 0.2) is 24.3 Å². The van der Waals surface area contributed by atoms with Crippen LogP contribution < -0.4 is 10.5 Å². The molecule has 0 bridgehead atoms. The Balaban J connectivity index is 1.92. The Hall–Kier alpha value is -1.10. The monoisotopic (exact) mass is 278 g/mol. The van der Waals surface area contributed by atoms with Gasteiger partial charge in [0.05, 0.1) is 6.61 Å². The summed E-state index contributed by atoms with van der Waals surface area (Å²) in [7, 11) is 0. The third kappa shape index (κ3) is 3.95. The van der Waals surface area contributed by atoms with Gasteiger partial charge in [-0.3, -0.25) is 4.90 Å². The number of morpholine rings is 1. The molecule has 112 valence electrons. The summed E-state index contributed by atoms with van der Waals surface area (Å²) in [5.41, 5.74) is 7.01. The van der Waals surface area contributed by atoms with Crippen LogP contribution in [0.4, 0.5) is 0 Å². The zero-order valence-electron chi connectivity index (χ0n) is 12.7. The molecule has 1 aliphatic rings. The van der Waals surface area contributed by atoms with Crippen LogP contribution in [0, 0.1) is 0 Å². The first kappa shape index (κ1) is 15.3. The predicted octanol–water partition coefficient (Wildman–Crippen LogP) is 2.19. The van der Waals surface area contributed by atoms with Gasteiger partial charge in [0, 0.05) is 30.7 Å². The van der Waals surface area contributed by atoms with E-state index in [1.165, 1.54) is 0 Å². The van der Waals surface area contributed by atoms with Crippen LogP contribution in [-0.2, 0) is 4.74 Å². The van der Waals surface area contributed by atoms with Crippen LogP contribution in [0.2, 0.25) is 0 Å². The van der Waals surface area contributed by atoms with E-state index >= 15 is 0 Å². The molecule has 0 aliphatic carbocycles. The molecule has 1 aliphatic heterocycles. The van der Waals surface area contributed by atoms with Crippen LogP contribution in [0.3, 0.4) is 0 Å². The topological polar surface area (TPSA) is 47.7 Å². The largest absolute Gasteiger partial charge is 0.490 e. The fourth-order valence-electron chi connectivity index (χ4n) is 2.48. The molecule has 1 heterocycles. The molecule has 1 unspecified atom stereocenters. The molecule has 0 aromatic heterocycles. The van der Waals surface area contributed by atoms with E-state index in [9.17, 15) is 0 Å². The predicted molar refractivity (Wildman–Crippen MR) is 81.0 cm³/mol. The van der Waals surface area contributed by atoms with Crippen LogP contribution in [0.5, 0.6) is 5.75 Å². The highest BCUT2D eigenvalue weighted by atomic mass is 16.5. The molecular formula is C16H26N2O2. The lowest BCUT2D eigenvalue weighted by atomic mass is 10.1. The number of benzene rings is 1. The van der Waals surface area contributed by atoms with E-state index in [1.807, 2.05) is 31.2 Å². The average Bonchev–Trinajstić information content (AvgIpc) is 2.45. The summed E-state index contributed by atoms with van der Waals surface area (Å²) in [6, 6.07) is 8.49. The molecule has 2 N–H and O–H groups in total. The standard InChI is InChI=1S/C16H26N2O2/c1-12(2)18-8-9-19-14(10-18)11-20-16-7-5-4-6-15(16)13(3)17/h4-7,12-14H,8-11,17H2,1-3H3/t13-,14?/m0/s1. The maximum absolute atomic E-state index is 5.97. The lowest BCUT2D eigenvalue weighted by Gasteiger charge is -2.35. The third-order valence-corrected chi connectivity index (χ3v) is 3.73. The second-order valence-corrected chi connectivity index (χ2v) is 5.72. The molecule has 0 radical (unpaired) electrons. The maximum atomic E-state index is 5.97. The highest BCUT2D eigenvalue weighted by Gasteiger charge is 2.23. The van der Waals surface area contributed by atoms with Crippen molar-refractivity contribution in [2.75, 3.05) is 26.3 Å². The van der Waals surface area contributed by atoms with Crippen molar-refractivity contribution in [1.29, 1.82) is 0 Å². The summed E-state index contributed by atoms with van der Waals surface area (Å²) >= 11 is 0. The molecule has 4 nitrogen and oxygen atoms in total. The van der Waals surface area contributed by atoms with Gasteiger partial charge in [0.2, 0.25) is 0 Å². The highest BCUT2D eigenvalue weighted by Crippen LogP contribution is 2.23. The Kier molecular flexibility index (Phi) is 5.40. The molecule has 0 saturated carbocycles. The van der Waals surface area contributed by atoms with Gasteiger partial charge in [-0.2, -0.15) is 0 Å². The Morgan fingerprint density at radius 2 is 2.10 bits per heavy atom. The van der Waals surface area contributed by atoms with Gasteiger partial charge < -0.3 is 15.2 Å². The van der Waals surface area contributed by atoms with Crippen molar-refractivity contribution < 1.29 is 9.47 Å². The molecule has 2 atom stereocenters. The van der Waals surface area contributed by atoms with Gasteiger partial charge in [0.15, 0.2) is 0 Å². The Labute approximate surface area is 121 Å². The van der Waals surface area contributed by atoms with Crippen molar-refractivity contribution in [3.05, 3.63) is 29.8 Å². The van der Waals surface area contributed by atoms with Crippen molar-refractivity contribution >= 4 is 0 Å². The van der Waals surface area contributed by atoms with Gasteiger partial charge in [-0.1, -0.05) is 18.2 Å². The summed E-state index contributed by atoms with van der Waals surface area (Å²) in [6.45, 7) is 9.69. The lowest BCUT2D eigenvalue weighted by molar-refractivity contribution is -0.0565. The van der Waals surface area contributed by atoms with E-state index < -0.39 is 0 Å². The summed E-state index contributed by atoms with van der Waals surface area (Å²) in [4.78, 5) is 2.43. The highest BCUT2D eigenvalue weighted by molar-refractivity contribution is 5.35. The number of nitrogens with zero attached hydrogens (tertiary/aromatic N) is 1. The molecule has 1 fully saturated rings. The van der Waals surface area contributed by atoms with Gasteiger partial charge in [0.25, 0.3) is 0 Å². The van der Waals surface area contributed by atoms with E-state index in [4.69, 9.17) is 15.2 Å². The fourth-order valence-corrected chi connectivity index (χ4v) is 2.48. The van der Waals surface area contributed by atoms with Crippen molar-refractivity contribution in [1.82, 2.24) is 4.90 Å². The molecule has 1 saturated heterocycles. The lowest BCUT2D eigenvalue weighted by Crippen LogP contribution is -2.47. The van der Waals surface area contributed by atoms with E-state index in [0.717, 1.165) is 31.0 Å². The zero-order chi connectivity index (χ0) is 14.5. The zero-order valence-corrected chi connectivity index (χ0v) is 12.7. The first-order valence-corrected chi connectivity index (χ1v) is 7.41. The smallest absolute Gasteiger partial charge is 0.124 e. The van der Waals surface area contributed by atoms with Crippen LogP contribution in [-0.4, -0.2) is 43.3 Å². The second-order valence-electron chi connectivity index (χ2n) is 5.72. The molecule has 0 amide bonds. The van der Waals surface area contributed by atoms with Crippen molar-refractivity contribution in [2.24, 2.45) is 5.73 Å². The average molecular weight is 278 g/mol. The first-order valence-electron chi connectivity index (χ1n) is 7.41. The van der Waals surface area contributed by atoms with Crippen molar-refractivity contribution in [3.63, 3.8) is 0 Å². The fraction of sp³-hybridized carbons (Fsp3) is 0.625. The molecular weight excluding hydrogens is 252 g/mol. The summed E-state index contributed by atoms with van der Waals surface area (Å²) < 4.78 is 11.7. The summed E-state index contributed by atoms with van der Waals surface area (Å²) in [6.07, 6.45) is 0.132. The van der Waals surface area contributed by atoms with Gasteiger partial charge in [-0.05, 0) is 26.8 Å². The Bertz CT molecular complexity index is 421. The van der Waals surface area contributed by atoms with E-state index in [-0.39, 0.29) is 12.1 Å². The molecule has 1 aromatic carbocycles. The molecule has 1 aromatic rings. The number of nitrogens with two attached hydrogens (primary N) is 1. The van der Waals surface area contributed by atoms with Gasteiger partial charge in [-0.25, -0.2) is 0 Å². The molecule has 4 heteroatoms. The maximum Gasteiger partial charge on any atom is 0.124 e. The van der Waals surface area contributed by atoms with E-state index in [2.05, 4.69) is 18.7 Å². The molecule has 2 rings (SSSR count). The minimum absolute atomic E-state index is 0.0226. The van der Waals surface area contributed by atoms with Crippen molar-refractivity contribution in [2.45, 2.75) is 39.0 Å². The minimum atomic E-state index is -0.0226. The van der Waals surface area contributed by atoms with Crippen LogP contribution >= 0.6 is 0 Å². The van der Waals surface area contributed by atoms with Gasteiger partial charge >= 0.3 is 0 Å². The number of para-hydroxylation sites is 1. The van der Waals surface area contributed by atoms with Crippen LogP contribution in [0.1, 0.15) is 32.4 Å². The van der Waals surface area contributed by atoms with Crippen LogP contribution in [0.25, 0.3) is 0 Å². The van der Waals surface area contributed by atoms with Crippen molar-refractivity contribution in [3.8, 4) is 5.75 Å². The number of hydrogen-bond donors (Lipinski definition) is 1. The molecule has 20 heavy (non-hydrogen) atoms. The Morgan fingerprint density at radius 3 is 2.80 bits per heavy atom. The van der Waals surface area contributed by atoms with Gasteiger partial charge in [0.1, 0.15) is 18.5 Å². The minimum Gasteiger partial charge on any atom is -0.490 e. The second kappa shape index (κ2) is 7.07. The molecule has 0 spiro atoms. The van der Waals surface area contributed by atoms with E-state index in [0.29, 0.717) is 12.6 Å². The summed E-state index contributed by atoms with van der Waals surface area (Å²) in [5, 5.41) is 0. The third-order valence-electron chi connectivity index (χ3n) is 3.73. The number of ether oxygens (including phenoxy) is 2. The number of hydrogen-bond acceptors (Lipinski definition) is 4. The van der Waals surface area contributed by atoms with E-state index in [1.54, 1.807) is 0 Å². The van der Waals surface area contributed by atoms with Gasteiger partial charge in [-0.15, -0.1) is 0 Å². The Morgan fingerprint density at radius 1 is 1.35 bits per heavy atom. The first-order chi connectivity index (χ1) is 9.58. The quantitative estimate of drug-likeness (QED) is 0.897. The summed E-state index contributed by atoms with van der Waals surface area (Å²) in [5.74, 6) is 0.868. The normalized spacial score (nSPS) is 21.9. The number of rotatable bonds is 5. The SMILES string of the molecule is CC(C)N1CCOC(COc2ccccc2[C@H](C)N)C1.